The van der Waals surface area contributed by atoms with E-state index < -0.39 is 0 Å². The Labute approximate surface area is 72.4 Å². The van der Waals surface area contributed by atoms with E-state index in [2.05, 4.69) is 24.6 Å². The summed E-state index contributed by atoms with van der Waals surface area (Å²) < 4.78 is 4.54. The molecule has 2 aromatic rings. The van der Waals surface area contributed by atoms with Crippen molar-refractivity contribution >= 4 is 11.6 Å². The Morgan fingerprint density at radius 3 is 2.83 bits per heavy atom. The van der Waals surface area contributed by atoms with Crippen LogP contribution in [0.1, 0.15) is 0 Å². The molecule has 0 aliphatic rings. The largest absolute Gasteiger partial charge is 0.342 e. The quantitative estimate of drug-likeness (QED) is 0.620. The van der Waals surface area contributed by atoms with E-state index in [1.807, 2.05) is 0 Å². The van der Waals surface area contributed by atoms with E-state index in [4.69, 9.17) is 11.6 Å². The summed E-state index contributed by atoms with van der Waals surface area (Å²) in [6.07, 6.45) is 2.57. The lowest BCUT2D eigenvalue weighted by Crippen LogP contribution is -1.86. The SMILES string of the molecule is Clc1cc(-c2ncon2)ncn1. The van der Waals surface area contributed by atoms with Crippen molar-refractivity contribution in [2.45, 2.75) is 0 Å². The Morgan fingerprint density at radius 1 is 1.25 bits per heavy atom. The maximum Gasteiger partial charge on any atom is 0.220 e. The molecule has 0 N–H and O–H groups in total. The van der Waals surface area contributed by atoms with Crippen molar-refractivity contribution in [2.24, 2.45) is 0 Å². The van der Waals surface area contributed by atoms with Gasteiger partial charge in [0, 0.05) is 6.07 Å². The third-order valence-electron chi connectivity index (χ3n) is 1.22. The number of rotatable bonds is 1. The van der Waals surface area contributed by atoms with E-state index in [0.717, 1.165) is 0 Å². The van der Waals surface area contributed by atoms with Gasteiger partial charge in [-0.3, -0.25) is 0 Å². The third kappa shape index (κ3) is 1.26. The van der Waals surface area contributed by atoms with Crippen molar-refractivity contribution in [3.05, 3.63) is 23.9 Å². The average Bonchev–Trinajstić information content (AvgIpc) is 2.56. The number of hydrogen-bond acceptors (Lipinski definition) is 5. The Balaban J connectivity index is 2.48. The highest BCUT2D eigenvalue weighted by Crippen LogP contribution is 2.13. The summed E-state index contributed by atoms with van der Waals surface area (Å²) >= 11 is 5.62. The van der Waals surface area contributed by atoms with Crippen LogP contribution in [0.2, 0.25) is 5.15 Å². The maximum atomic E-state index is 5.62. The number of hydrogen-bond donors (Lipinski definition) is 0. The molecule has 0 saturated heterocycles. The smallest absolute Gasteiger partial charge is 0.220 e. The summed E-state index contributed by atoms with van der Waals surface area (Å²) in [7, 11) is 0. The normalized spacial score (nSPS) is 10.1. The van der Waals surface area contributed by atoms with Crippen molar-refractivity contribution in [1.29, 1.82) is 0 Å². The molecule has 0 amide bonds. The molecule has 0 aliphatic carbocycles. The molecular formula is C6H3ClN4O. The van der Waals surface area contributed by atoms with E-state index in [-0.39, 0.29) is 0 Å². The van der Waals surface area contributed by atoms with Gasteiger partial charge < -0.3 is 4.52 Å². The van der Waals surface area contributed by atoms with E-state index in [1.165, 1.54) is 12.7 Å². The lowest BCUT2D eigenvalue weighted by Gasteiger charge is -1.91. The van der Waals surface area contributed by atoms with Crippen LogP contribution in [0.5, 0.6) is 0 Å². The summed E-state index contributed by atoms with van der Waals surface area (Å²) in [5.41, 5.74) is 0.545. The molecule has 0 saturated carbocycles. The summed E-state index contributed by atoms with van der Waals surface area (Å²) in [5, 5.41) is 3.94. The van der Waals surface area contributed by atoms with Gasteiger partial charge in [-0.15, -0.1) is 0 Å². The van der Waals surface area contributed by atoms with Crippen molar-refractivity contribution in [2.75, 3.05) is 0 Å². The van der Waals surface area contributed by atoms with Crippen LogP contribution in [0.25, 0.3) is 11.5 Å². The van der Waals surface area contributed by atoms with Crippen LogP contribution in [0.4, 0.5) is 0 Å². The van der Waals surface area contributed by atoms with Crippen LogP contribution in [0.3, 0.4) is 0 Å². The van der Waals surface area contributed by atoms with Crippen LogP contribution >= 0.6 is 11.6 Å². The lowest BCUT2D eigenvalue weighted by atomic mass is 10.4. The van der Waals surface area contributed by atoms with Gasteiger partial charge in [-0.2, -0.15) is 4.98 Å². The van der Waals surface area contributed by atoms with Gasteiger partial charge in [0.2, 0.25) is 12.2 Å². The third-order valence-corrected chi connectivity index (χ3v) is 1.43. The Morgan fingerprint density at radius 2 is 2.17 bits per heavy atom. The Hall–Kier alpha value is -1.49. The molecule has 0 aliphatic heterocycles. The Kier molecular flexibility index (Phi) is 1.71. The monoisotopic (exact) mass is 182 g/mol. The Bertz CT molecular complexity index is 375. The first-order valence-corrected chi connectivity index (χ1v) is 3.48. The fourth-order valence-electron chi connectivity index (χ4n) is 0.739. The number of halogens is 1. The van der Waals surface area contributed by atoms with Crippen LogP contribution in [0.15, 0.2) is 23.3 Å². The second kappa shape index (κ2) is 2.86. The van der Waals surface area contributed by atoms with E-state index in [0.29, 0.717) is 16.7 Å². The highest BCUT2D eigenvalue weighted by Gasteiger charge is 2.04. The van der Waals surface area contributed by atoms with E-state index >= 15 is 0 Å². The molecule has 0 aromatic carbocycles. The summed E-state index contributed by atoms with van der Waals surface area (Å²) in [5.74, 6) is 0.402. The van der Waals surface area contributed by atoms with Gasteiger partial charge >= 0.3 is 0 Å². The standard InChI is InChI=1S/C6H3ClN4O/c7-5-1-4(8-2-9-5)6-10-3-12-11-6/h1-3H. The molecule has 0 bridgehead atoms. The van der Waals surface area contributed by atoms with Crippen LogP contribution in [-0.4, -0.2) is 20.1 Å². The summed E-state index contributed by atoms with van der Waals surface area (Å²) in [6, 6.07) is 1.56. The molecule has 5 nitrogen and oxygen atoms in total. The average molecular weight is 183 g/mol. The minimum absolute atomic E-state index is 0.352. The summed E-state index contributed by atoms with van der Waals surface area (Å²) in [4.78, 5) is 11.4. The molecule has 2 aromatic heterocycles. The zero-order valence-corrected chi connectivity index (χ0v) is 6.56. The van der Waals surface area contributed by atoms with E-state index in [1.54, 1.807) is 6.07 Å². The molecule has 0 atom stereocenters. The molecule has 0 spiro atoms. The van der Waals surface area contributed by atoms with Crippen molar-refractivity contribution in [3.8, 4) is 11.5 Å². The second-order valence-electron chi connectivity index (χ2n) is 1.98. The van der Waals surface area contributed by atoms with Crippen LogP contribution < -0.4 is 0 Å². The molecule has 6 heteroatoms. The van der Waals surface area contributed by atoms with Gasteiger partial charge in [0.15, 0.2) is 0 Å². The minimum atomic E-state index is 0.352. The minimum Gasteiger partial charge on any atom is -0.342 e. The summed E-state index contributed by atoms with van der Waals surface area (Å²) in [6.45, 7) is 0. The van der Waals surface area contributed by atoms with Gasteiger partial charge in [0.25, 0.3) is 0 Å². The zero-order chi connectivity index (χ0) is 8.39. The first-order chi connectivity index (χ1) is 5.86. The first-order valence-electron chi connectivity index (χ1n) is 3.10. The fraction of sp³-hybridized carbons (Fsp3) is 0. The predicted octanol–water partition coefficient (Wildman–Crippen LogP) is 1.18. The first kappa shape index (κ1) is 7.17. The van der Waals surface area contributed by atoms with Gasteiger partial charge in [-0.05, 0) is 0 Å². The lowest BCUT2D eigenvalue weighted by molar-refractivity contribution is 0.418. The van der Waals surface area contributed by atoms with Crippen molar-refractivity contribution in [1.82, 2.24) is 20.1 Å². The molecule has 60 valence electrons. The maximum absolute atomic E-state index is 5.62. The van der Waals surface area contributed by atoms with Gasteiger partial charge in [-0.1, -0.05) is 16.8 Å². The molecule has 0 unspecified atom stereocenters. The number of nitrogens with zero attached hydrogens (tertiary/aromatic N) is 4. The molecule has 12 heavy (non-hydrogen) atoms. The fourth-order valence-corrected chi connectivity index (χ4v) is 0.886. The second-order valence-corrected chi connectivity index (χ2v) is 2.37. The molecule has 2 heterocycles. The van der Waals surface area contributed by atoms with Crippen molar-refractivity contribution in [3.63, 3.8) is 0 Å². The van der Waals surface area contributed by atoms with Gasteiger partial charge in [-0.25, -0.2) is 9.97 Å². The van der Waals surface area contributed by atoms with E-state index in [9.17, 15) is 0 Å². The highest BCUT2D eigenvalue weighted by molar-refractivity contribution is 6.29. The topological polar surface area (TPSA) is 64.7 Å². The zero-order valence-electron chi connectivity index (χ0n) is 5.81. The van der Waals surface area contributed by atoms with Crippen LogP contribution in [0, 0.1) is 0 Å². The van der Waals surface area contributed by atoms with Gasteiger partial charge in [0.05, 0.1) is 0 Å². The van der Waals surface area contributed by atoms with Crippen molar-refractivity contribution < 1.29 is 4.52 Å². The predicted molar refractivity (Wildman–Crippen MR) is 40.3 cm³/mol. The van der Waals surface area contributed by atoms with Gasteiger partial charge in [0.1, 0.15) is 17.2 Å². The molecule has 2 rings (SSSR count). The number of aromatic nitrogens is 4. The molecule has 0 fully saturated rings. The van der Waals surface area contributed by atoms with Crippen LogP contribution in [-0.2, 0) is 0 Å². The highest BCUT2D eigenvalue weighted by atomic mass is 35.5. The molecular weight excluding hydrogens is 180 g/mol. The molecule has 0 radical (unpaired) electrons.